The van der Waals surface area contributed by atoms with Crippen LogP contribution in [0.15, 0.2) is 24.3 Å². The summed E-state index contributed by atoms with van der Waals surface area (Å²) in [7, 11) is 0. The minimum atomic E-state index is 0.423. The average Bonchev–Trinajstić information content (AvgIpc) is 2.39. The largest absolute Gasteiger partial charge is 0.378 e. The first-order valence-electron chi connectivity index (χ1n) is 5.82. The number of benzene rings is 1. The topological polar surface area (TPSA) is 25.4 Å². The second-order valence-electron chi connectivity index (χ2n) is 4.23. The van der Waals surface area contributed by atoms with Crippen LogP contribution in [0, 0.1) is 0 Å². The van der Waals surface area contributed by atoms with Crippen LogP contribution in [-0.2, 0) is 4.74 Å². The Morgan fingerprint density at radius 3 is 2.67 bits per heavy atom. The van der Waals surface area contributed by atoms with E-state index in [1.54, 1.807) is 6.07 Å². The molecule has 1 saturated heterocycles. The van der Waals surface area contributed by atoms with Gasteiger partial charge < -0.3 is 9.64 Å². The van der Waals surface area contributed by atoms with Gasteiger partial charge in [0.1, 0.15) is 5.15 Å². The van der Waals surface area contributed by atoms with Crippen LogP contribution in [0.3, 0.4) is 0 Å². The lowest BCUT2D eigenvalue weighted by Crippen LogP contribution is -2.36. The fraction of sp³-hybridized carbons (Fsp3) is 0.308. The van der Waals surface area contributed by atoms with Crippen molar-refractivity contribution in [3.05, 3.63) is 34.4 Å². The van der Waals surface area contributed by atoms with Gasteiger partial charge in [-0.25, -0.2) is 4.98 Å². The molecule has 0 radical (unpaired) electrons. The van der Waals surface area contributed by atoms with E-state index in [2.05, 4.69) is 16.0 Å². The van der Waals surface area contributed by atoms with Crippen LogP contribution in [0.5, 0.6) is 0 Å². The minimum Gasteiger partial charge on any atom is -0.378 e. The second-order valence-corrected chi connectivity index (χ2v) is 5.02. The van der Waals surface area contributed by atoms with Crippen molar-refractivity contribution < 1.29 is 4.74 Å². The summed E-state index contributed by atoms with van der Waals surface area (Å²) in [6.45, 7) is 3.34. The van der Waals surface area contributed by atoms with Gasteiger partial charge in [0.05, 0.1) is 23.8 Å². The lowest BCUT2D eigenvalue weighted by molar-refractivity contribution is 0.122. The molecule has 1 aromatic heterocycles. The van der Waals surface area contributed by atoms with Crippen molar-refractivity contribution in [2.75, 3.05) is 31.2 Å². The molecule has 3 nitrogen and oxygen atoms in total. The standard InChI is InChI=1S/C13H12Cl2N2O/c14-11-8-13(15)16-12-7-9(1-2-10(11)12)17-3-5-18-6-4-17/h1-2,7-8H,3-6H2. The summed E-state index contributed by atoms with van der Waals surface area (Å²) < 4.78 is 5.35. The van der Waals surface area contributed by atoms with Crippen LogP contribution < -0.4 is 4.90 Å². The van der Waals surface area contributed by atoms with Gasteiger partial charge in [-0.05, 0) is 24.3 Å². The number of nitrogens with zero attached hydrogens (tertiary/aromatic N) is 2. The Kier molecular flexibility index (Phi) is 3.29. The number of rotatable bonds is 1. The molecule has 2 aromatic rings. The van der Waals surface area contributed by atoms with Crippen LogP contribution in [-0.4, -0.2) is 31.3 Å². The van der Waals surface area contributed by atoms with Crippen molar-refractivity contribution in [3.8, 4) is 0 Å². The fourth-order valence-corrected chi connectivity index (χ4v) is 2.68. The first-order valence-corrected chi connectivity index (χ1v) is 6.58. The molecule has 0 bridgehead atoms. The number of anilines is 1. The molecule has 1 aliphatic heterocycles. The predicted molar refractivity (Wildman–Crippen MR) is 74.8 cm³/mol. The molecule has 0 spiro atoms. The van der Waals surface area contributed by atoms with Crippen molar-refractivity contribution in [2.24, 2.45) is 0 Å². The third kappa shape index (κ3) is 2.26. The van der Waals surface area contributed by atoms with Gasteiger partial charge in [-0.3, -0.25) is 0 Å². The Hall–Kier alpha value is -1.03. The zero-order valence-electron chi connectivity index (χ0n) is 9.70. The first-order chi connectivity index (χ1) is 8.74. The second kappa shape index (κ2) is 4.92. The van der Waals surface area contributed by atoms with Crippen LogP contribution in [0.2, 0.25) is 10.2 Å². The number of hydrogen-bond donors (Lipinski definition) is 0. The zero-order valence-corrected chi connectivity index (χ0v) is 11.2. The molecule has 1 aliphatic rings. The number of morpholine rings is 1. The highest BCUT2D eigenvalue weighted by Gasteiger charge is 2.12. The third-order valence-electron chi connectivity index (χ3n) is 3.09. The van der Waals surface area contributed by atoms with Crippen LogP contribution in [0.25, 0.3) is 10.9 Å². The maximum atomic E-state index is 6.14. The van der Waals surface area contributed by atoms with E-state index in [0.717, 1.165) is 42.9 Å². The number of ether oxygens (including phenoxy) is 1. The molecule has 94 valence electrons. The van der Waals surface area contributed by atoms with E-state index in [4.69, 9.17) is 27.9 Å². The Balaban J connectivity index is 2.04. The summed E-state index contributed by atoms with van der Waals surface area (Å²) in [6, 6.07) is 7.75. The van der Waals surface area contributed by atoms with Crippen molar-refractivity contribution >= 4 is 39.8 Å². The van der Waals surface area contributed by atoms with Crippen LogP contribution in [0.1, 0.15) is 0 Å². The SMILES string of the molecule is Clc1cc(Cl)c2ccc(N3CCOCC3)cc2n1. The number of halogens is 2. The summed E-state index contributed by atoms with van der Waals surface area (Å²) in [4.78, 5) is 6.59. The van der Waals surface area contributed by atoms with E-state index in [0.29, 0.717) is 10.2 Å². The van der Waals surface area contributed by atoms with Crippen molar-refractivity contribution in [3.63, 3.8) is 0 Å². The van der Waals surface area contributed by atoms with Gasteiger partial charge in [-0.2, -0.15) is 0 Å². The van der Waals surface area contributed by atoms with Gasteiger partial charge in [0.15, 0.2) is 0 Å². The van der Waals surface area contributed by atoms with Crippen molar-refractivity contribution in [1.29, 1.82) is 0 Å². The van der Waals surface area contributed by atoms with Gasteiger partial charge in [-0.15, -0.1) is 0 Å². The summed E-state index contributed by atoms with van der Waals surface area (Å²) in [5.41, 5.74) is 1.97. The maximum Gasteiger partial charge on any atom is 0.131 e. The van der Waals surface area contributed by atoms with Gasteiger partial charge in [0.25, 0.3) is 0 Å². The highest BCUT2D eigenvalue weighted by Crippen LogP contribution is 2.28. The van der Waals surface area contributed by atoms with E-state index < -0.39 is 0 Å². The van der Waals surface area contributed by atoms with E-state index in [-0.39, 0.29) is 0 Å². The molecule has 0 aliphatic carbocycles. The molecular weight excluding hydrogens is 271 g/mol. The Labute approximate surface area is 115 Å². The van der Waals surface area contributed by atoms with E-state index >= 15 is 0 Å². The molecule has 0 amide bonds. The zero-order chi connectivity index (χ0) is 12.5. The summed E-state index contributed by atoms with van der Waals surface area (Å²) in [5.74, 6) is 0. The molecule has 18 heavy (non-hydrogen) atoms. The van der Waals surface area contributed by atoms with E-state index in [1.165, 1.54) is 0 Å². The highest BCUT2D eigenvalue weighted by molar-refractivity contribution is 6.37. The molecular formula is C13H12Cl2N2O. The van der Waals surface area contributed by atoms with Gasteiger partial charge in [-0.1, -0.05) is 23.2 Å². The number of hydrogen-bond acceptors (Lipinski definition) is 3. The molecule has 0 saturated carbocycles. The summed E-state index contributed by atoms with van der Waals surface area (Å²) >= 11 is 12.1. The Bertz CT molecular complexity index is 582. The minimum absolute atomic E-state index is 0.423. The summed E-state index contributed by atoms with van der Waals surface area (Å²) in [5, 5.41) is 1.99. The van der Waals surface area contributed by atoms with E-state index in [9.17, 15) is 0 Å². The Morgan fingerprint density at radius 2 is 1.89 bits per heavy atom. The normalized spacial score (nSPS) is 16.2. The lowest BCUT2D eigenvalue weighted by atomic mass is 10.2. The smallest absolute Gasteiger partial charge is 0.131 e. The molecule has 1 fully saturated rings. The number of fused-ring (bicyclic) bond motifs is 1. The number of aromatic nitrogens is 1. The molecule has 5 heteroatoms. The third-order valence-corrected chi connectivity index (χ3v) is 3.59. The predicted octanol–water partition coefficient (Wildman–Crippen LogP) is 3.38. The van der Waals surface area contributed by atoms with E-state index in [1.807, 2.05) is 12.1 Å². The van der Waals surface area contributed by atoms with Crippen LogP contribution >= 0.6 is 23.2 Å². The first kappa shape index (κ1) is 12.0. The molecule has 0 unspecified atom stereocenters. The average molecular weight is 283 g/mol. The van der Waals surface area contributed by atoms with Crippen LogP contribution in [0.4, 0.5) is 5.69 Å². The highest BCUT2D eigenvalue weighted by atomic mass is 35.5. The van der Waals surface area contributed by atoms with Gasteiger partial charge in [0.2, 0.25) is 0 Å². The quantitative estimate of drug-likeness (QED) is 0.750. The molecule has 1 aromatic carbocycles. The lowest BCUT2D eigenvalue weighted by Gasteiger charge is -2.29. The molecule has 0 atom stereocenters. The molecule has 2 heterocycles. The maximum absolute atomic E-state index is 6.14. The Morgan fingerprint density at radius 1 is 1.11 bits per heavy atom. The van der Waals surface area contributed by atoms with Crippen molar-refractivity contribution in [1.82, 2.24) is 4.98 Å². The van der Waals surface area contributed by atoms with Gasteiger partial charge >= 0.3 is 0 Å². The molecule has 3 rings (SSSR count). The monoisotopic (exact) mass is 282 g/mol. The van der Waals surface area contributed by atoms with Crippen molar-refractivity contribution in [2.45, 2.75) is 0 Å². The fourth-order valence-electron chi connectivity index (χ4n) is 2.16. The summed E-state index contributed by atoms with van der Waals surface area (Å²) in [6.07, 6.45) is 0. The van der Waals surface area contributed by atoms with Gasteiger partial charge in [0, 0.05) is 24.2 Å². The number of pyridine rings is 1. The molecule has 0 N–H and O–H groups in total.